The number of aromatic carboxylic acids is 1. The molecule has 1 aromatic heterocycles. The summed E-state index contributed by atoms with van der Waals surface area (Å²) in [6.45, 7) is 1.81. The number of carbonyl (C=O) groups excluding carboxylic acids is 1. The van der Waals surface area contributed by atoms with E-state index in [1.165, 1.54) is 12.3 Å². The van der Waals surface area contributed by atoms with Gasteiger partial charge in [0.15, 0.2) is 0 Å². The zero-order chi connectivity index (χ0) is 16.1. The summed E-state index contributed by atoms with van der Waals surface area (Å²) in [5, 5.41) is 12.7. The zero-order valence-electron chi connectivity index (χ0n) is 11.7. The lowest BCUT2D eigenvalue weighted by atomic mass is 10.2. The number of benzene rings is 1. The lowest BCUT2D eigenvalue weighted by molar-refractivity contribution is -0.113. The number of halogens is 1. The van der Waals surface area contributed by atoms with Crippen molar-refractivity contribution in [2.24, 2.45) is 0 Å². The van der Waals surface area contributed by atoms with Crippen LogP contribution >= 0.6 is 23.4 Å². The van der Waals surface area contributed by atoms with Crippen molar-refractivity contribution in [2.45, 2.75) is 11.9 Å². The van der Waals surface area contributed by atoms with Crippen molar-refractivity contribution in [1.29, 1.82) is 0 Å². The lowest BCUT2D eigenvalue weighted by Gasteiger charge is -2.09. The van der Waals surface area contributed by atoms with E-state index < -0.39 is 5.97 Å². The van der Waals surface area contributed by atoms with Crippen LogP contribution < -0.4 is 5.32 Å². The first-order valence-corrected chi connectivity index (χ1v) is 7.71. The van der Waals surface area contributed by atoms with Crippen LogP contribution in [0, 0.1) is 6.92 Å². The lowest BCUT2D eigenvalue weighted by Crippen LogP contribution is -2.15. The molecule has 1 heterocycles. The molecule has 22 heavy (non-hydrogen) atoms. The van der Waals surface area contributed by atoms with Crippen molar-refractivity contribution in [3.8, 4) is 0 Å². The summed E-state index contributed by atoms with van der Waals surface area (Å²) in [6.07, 6.45) is 1.49. The molecule has 2 aromatic rings. The molecule has 0 aliphatic carbocycles. The number of hydrogen-bond donors (Lipinski definition) is 2. The quantitative estimate of drug-likeness (QED) is 0.817. The summed E-state index contributed by atoms with van der Waals surface area (Å²) in [5.74, 6) is -1.26. The fraction of sp³-hybridized carbons (Fsp3) is 0.133. The van der Waals surface area contributed by atoms with E-state index in [4.69, 9.17) is 16.7 Å². The third-order valence-electron chi connectivity index (χ3n) is 2.88. The van der Waals surface area contributed by atoms with E-state index in [1.54, 1.807) is 24.3 Å². The van der Waals surface area contributed by atoms with Crippen molar-refractivity contribution >= 4 is 40.9 Å². The first-order valence-electron chi connectivity index (χ1n) is 6.35. The van der Waals surface area contributed by atoms with Gasteiger partial charge in [-0.05, 0) is 36.8 Å². The second kappa shape index (κ2) is 7.29. The molecule has 0 unspecified atom stereocenters. The molecule has 0 atom stereocenters. The van der Waals surface area contributed by atoms with E-state index in [1.807, 2.05) is 6.92 Å². The molecule has 0 saturated carbocycles. The number of nitrogens with zero attached hydrogens (tertiary/aromatic N) is 1. The Morgan fingerprint density at radius 3 is 2.82 bits per heavy atom. The molecule has 0 spiro atoms. The Bertz CT molecular complexity index is 722. The number of carboxylic acids is 1. The van der Waals surface area contributed by atoms with Crippen LogP contribution in [0.3, 0.4) is 0 Å². The second-order valence-electron chi connectivity index (χ2n) is 4.41. The highest BCUT2D eigenvalue weighted by molar-refractivity contribution is 8.00. The molecule has 1 aromatic carbocycles. The number of thioether (sulfide) groups is 1. The molecular weight excluding hydrogens is 324 g/mol. The first kappa shape index (κ1) is 16.3. The Balaban J connectivity index is 2.02. The summed E-state index contributed by atoms with van der Waals surface area (Å²) < 4.78 is 0. The predicted octanol–water partition coefficient (Wildman–Crippen LogP) is 3.47. The molecule has 5 nitrogen and oxygen atoms in total. The van der Waals surface area contributed by atoms with Gasteiger partial charge in [-0.3, -0.25) is 4.79 Å². The molecule has 0 aliphatic rings. The monoisotopic (exact) mass is 336 g/mol. The van der Waals surface area contributed by atoms with Gasteiger partial charge in [-0.15, -0.1) is 0 Å². The highest BCUT2D eigenvalue weighted by Crippen LogP contribution is 2.24. The molecule has 7 heteroatoms. The molecule has 1 amide bonds. The highest BCUT2D eigenvalue weighted by atomic mass is 35.5. The zero-order valence-corrected chi connectivity index (χ0v) is 13.2. The molecule has 0 radical (unpaired) electrons. The van der Waals surface area contributed by atoms with Gasteiger partial charge >= 0.3 is 5.97 Å². The van der Waals surface area contributed by atoms with Crippen LogP contribution in [0.2, 0.25) is 5.02 Å². The minimum Gasteiger partial charge on any atom is -0.478 e. The van der Waals surface area contributed by atoms with Crippen LogP contribution in [-0.2, 0) is 4.79 Å². The fourth-order valence-corrected chi connectivity index (χ4v) is 2.69. The number of carbonyl (C=O) groups is 2. The molecule has 0 saturated heterocycles. The second-order valence-corrected chi connectivity index (χ2v) is 5.78. The maximum absolute atomic E-state index is 12.0. The van der Waals surface area contributed by atoms with Gasteiger partial charge in [0.2, 0.25) is 5.91 Å². The van der Waals surface area contributed by atoms with E-state index in [0.717, 1.165) is 17.3 Å². The topological polar surface area (TPSA) is 79.3 Å². The molecule has 114 valence electrons. The van der Waals surface area contributed by atoms with Gasteiger partial charge in [-0.2, -0.15) is 0 Å². The standard InChI is InChI=1S/C15H13ClN2O3S/c1-9-11(16)5-2-6-12(9)18-13(19)8-22-14-10(15(20)21)4-3-7-17-14/h2-7H,8H2,1H3,(H,18,19)(H,20,21). The van der Waals surface area contributed by atoms with Crippen LogP contribution in [0.5, 0.6) is 0 Å². The first-order chi connectivity index (χ1) is 10.5. The van der Waals surface area contributed by atoms with Crippen molar-refractivity contribution in [2.75, 3.05) is 11.1 Å². The Morgan fingerprint density at radius 1 is 1.32 bits per heavy atom. The van der Waals surface area contributed by atoms with Crippen LogP contribution in [0.15, 0.2) is 41.6 Å². The number of hydrogen-bond acceptors (Lipinski definition) is 4. The van der Waals surface area contributed by atoms with Gasteiger partial charge in [-0.25, -0.2) is 9.78 Å². The number of rotatable bonds is 5. The van der Waals surface area contributed by atoms with Crippen molar-refractivity contribution in [3.63, 3.8) is 0 Å². The van der Waals surface area contributed by atoms with Gasteiger partial charge in [-0.1, -0.05) is 29.4 Å². The Labute approximate surface area is 136 Å². The highest BCUT2D eigenvalue weighted by Gasteiger charge is 2.13. The van der Waals surface area contributed by atoms with Crippen LogP contribution in [-0.4, -0.2) is 27.7 Å². The number of amides is 1. The summed E-state index contributed by atoms with van der Waals surface area (Å²) >= 11 is 7.07. The summed E-state index contributed by atoms with van der Waals surface area (Å²) in [7, 11) is 0. The van der Waals surface area contributed by atoms with Crippen LogP contribution in [0.4, 0.5) is 5.69 Å². The van der Waals surface area contributed by atoms with Gasteiger partial charge < -0.3 is 10.4 Å². The fourth-order valence-electron chi connectivity index (χ4n) is 1.73. The maximum Gasteiger partial charge on any atom is 0.338 e. The molecule has 0 aliphatic heterocycles. The number of anilines is 1. The third-order valence-corrected chi connectivity index (χ3v) is 4.30. The third kappa shape index (κ3) is 3.99. The predicted molar refractivity (Wildman–Crippen MR) is 86.7 cm³/mol. The number of aromatic nitrogens is 1. The molecule has 2 N–H and O–H groups in total. The van der Waals surface area contributed by atoms with Crippen molar-refractivity contribution in [3.05, 3.63) is 52.7 Å². The average Bonchev–Trinajstić information content (AvgIpc) is 2.50. The Morgan fingerprint density at radius 2 is 2.09 bits per heavy atom. The van der Waals surface area contributed by atoms with E-state index in [2.05, 4.69) is 10.3 Å². The SMILES string of the molecule is Cc1c(Cl)cccc1NC(=O)CSc1ncccc1C(=O)O. The van der Waals surface area contributed by atoms with Crippen LogP contribution in [0.25, 0.3) is 0 Å². The van der Waals surface area contributed by atoms with Crippen molar-refractivity contribution in [1.82, 2.24) is 4.98 Å². The van der Waals surface area contributed by atoms with E-state index in [-0.39, 0.29) is 17.2 Å². The largest absolute Gasteiger partial charge is 0.478 e. The molecular formula is C15H13ClN2O3S. The normalized spacial score (nSPS) is 10.3. The van der Waals surface area contributed by atoms with Crippen LogP contribution in [0.1, 0.15) is 15.9 Å². The number of carboxylic acid groups (broad SMARTS) is 1. The smallest absolute Gasteiger partial charge is 0.338 e. The van der Waals surface area contributed by atoms with E-state index in [9.17, 15) is 9.59 Å². The van der Waals surface area contributed by atoms with E-state index >= 15 is 0 Å². The van der Waals surface area contributed by atoms with Gasteiger partial charge in [0.25, 0.3) is 0 Å². The van der Waals surface area contributed by atoms with Gasteiger partial charge in [0.1, 0.15) is 5.03 Å². The Kier molecular flexibility index (Phi) is 5.41. The molecule has 0 fully saturated rings. The number of pyridine rings is 1. The summed E-state index contributed by atoms with van der Waals surface area (Å²) in [6, 6.07) is 8.25. The van der Waals surface area contributed by atoms with E-state index in [0.29, 0.717) is 15.7 Å². The van der Waals surface area contributed by atoms with Gasteiger partial charge in [0, 0.05) is 16.9 Å². The maximum atomic E-state index is 12.0. The summed E-state index contributed by atoms with van der Waals surface area (Å²) in [4.78, 5) is 27.0. The average molecular weight is 337 g/mol. The van der Waals surface area contributed by atoms with Gasteiger partial charge in [0.05, 0.1) is 11.3 Å². The number of nitrogens with one attached hydrogen (secondary N) is 1. The summed E-state index contributed by atoms with van der Waals surface area (Å²) in [5.41, 5.74) is 1.50. The Hall–Kier alpha value is -2.05. The van der Waals surface area contributed by atoms with Crippen molar-refractivity contribution < 1.29 is 14.7 Å². The minimum absolute atomic E-state index is 0.0588. The minimum atomic E-state index is -1.07. The molecule has 0 bridgehead atoms. The molecule has 2 rings (SSSR count).